The van der Waals surface area contributed by atoms with E-state index in [4.69, 9.17) is 0 Å². The van der Waals surface area contributed by atoms with Crippen LogP contribution in [-0.4, -0.2) is 14.3 Å². The van der Waals surface area contributed by atoms with E-state index < -0.39 is 8.41 Å². The Hall–Kier alpha value is -1.94. The van der Waals surface area contributed by atoms with E-state index >= 15 is 4.11 Å². The van der Waals surface area contributed by atoms with Crippen molar-refractivity contribution in [1.29, 1.82) is 0 Å². The molecule has 26 heavy (non-hydrogen) atoms. The van der Waals surface area contributed by atoms with Crippen LogP contribution in [0.4, 0.5) is 4.11 Å². The van der Waals surface area contributed by atoms with E-state index in [1.165, 1.54) is 0 Å². The molecule has 0 fully saturated rings. The van der Waals surface area contributed by atoms with Gasteiger partial charge in [-0.15, -0.1) is 0 Å². The molecule has 4 heteroatoms. The molecule has 1 amide bonds. The predicted octanol–water partition coefficient (Wildman–Crippen LogP) is 4.88. The zero-order chi connectivity index (χ0) is 19.2. The second kappa shape index (κ2) is 9.13. The van der Waals surface area contributed by atoms with Crippen molar-refractivity contribution in [3.8, 4) is 0 Å². The summed E-state index contributed by atoms with van der Waals surface area (Å²) in [5.74, 6) is 0.0238. The number of carbonyl (C=O) groups excluding carboxylic acids is 1. The van der Waals surface area contributed by atoms with Crippen LogP contribution < -0.4 is 10.5 Å². The molecular weight excluding hydrogens is 340 g/mol. The van der Waals surface area contributed by atoms with Gasteiger partial charge in [-0.1, -0.05) is 82.3 Å². The highest BCUT2D eigenvalue weighted by Gasteiger charge is 2.43. The molecule has 2 rings (SSSR count). The van der Waals surface area contributed by atoms with Crippen LogP contribution in [-0.2, 0) is 17.8 Å². The first-order chi connectivity index (χ1) is 12.3. The van der Waals surface area contributed by atoms with E-state index in [2.05, 4.69) is 5.32 Å². The normalized spacial score (nSPS) is 11.8. The topological polar surface area (TPSA) is 29.1 Å². The number of halogens is 1. The van der Waals surface area contributed by atoms with Crippen LogP contribution in [0.3, 0.4) is 0 Å². The van der Waals surface area contributed by atoms with E-state index in [1.807, 2.05) is 82.3 Å². The van der Waals surface area contributed by atoms with Gasteiger partial charge in [0.15, 0.2) is 0 Å². The maximum atomic E-state index is 15.7. The Labute approximate surface area is 158 Å². The Bertz CT molecular complexity index is 707. The minimum Gasteiger partial charge on any atom is -0.352 e. The molecule has 0 aliphatic heterocycles. The maximum Gasteiger partial charge on any atom is 0.282 e. The number of hydrogen-bond acceptors (Lipinski definition) is 1. The van der Waals surface area contributed by atoms with E-state index in [-0.39, 0.29) is 17.0 Å². The number of rotatable bonds is 8. The lowest BCUT2D eigenvalue weighted by Crippen LogP contribution is -2.49. The highest BCUT2D eigenvalue weighted by Crippen LogP contribution is 2.33. The molecule has 0 aromatic heterocycles. The van der Waals surface area contributed by atoms with Gasteiger partial charge in [-0.05, 0) is 33.8 Å². The van der Waals surface area contributed by atoms with Crippen molar-refractivity contribution in [2.45, 2.75) is 58.2 Å². The zero-order valence-corrected chi connectivity index (χ0v) is 17.3. The van der Waals surface area contributed by atoms with Gasteiger partial charge in [0.1, 0.15) is 0 Å². The fourth-order valence-electron chi connectivity index (χ4n) is 3.44. The lowest BCUT2D eigenvalue weighted by Gasteiger charge is -2.31. The van der Waals surface area contributed by atoms with Crippen LogP contribution in [0.2, 0.25) is 11.1 Å². The Morgan fingerprint density at radius 3 is 2.19 bits per heavy atom. The van der Waals surface area contributed by atoms with Crippen molar-refractivity contribution in [3.05, 3.63) is 65.7 Å². The molecule has 0 heterocycles. The van der Waals surface area contributed by atoms with Crippen LogP contribution in [0.25, 0.3) is 0 Å². The van der Waals surface area contributed by atoms with Gasteiger partial charge in [0.25, 0.3) is 8.41 Å². The number of nitrogens with one attached hydrogen (secondary N) is 1. The Balaban J connectivity index is 1.97. The Kier molecular flexibility index (Phi) is 7.15. The van der Waals surface area contributed by atoms with E-state index in [1.54, 1.807) is 0 Å². The molecule has 2 aromatic rings. The quantitative estimate of drug-likeness (QED) is 0.521. The Morgan fingerprint density at radius 2 is 1.58 bits per heavy atom. The number of benzene rings is 2. The molecular formula is C22H30FNOSi. The molecule has 0 spiro atoms. The van der Waals surface area contributed by atoms with Gasteiger partial charge in [-0.3, -0.25) is 4.79 Å². The highest BCUT2D eigenvalue weighted by atomic mass is 28.4. The van der Waals surface area contributed by atoms with Crippen molar-refractivity contribution in [2.24, 2.45) is 0 Å². The summed E-state index contributed by atoms with van der Waals surface area (Å²) in [6.45, 7) is 8.47. The first kappa shape index (κ1) is 20.4. The number of aryl methyl sites for hydroxylation is 1. The molecule has 0 atom stereocenters. The van der Waals surface area contributed by atoms with Gasteiger partial charge in [0, 0.05) is 13.0 Å². The smallest absolute Gasteiger partial charge is 0.282 e. The van der Waals surface area contributed by atoms with Gasteiger partial charge in [-0.2, -0.15) is 0 Å². The van der Waals surface area contributed by atoms with Crippen molar-refractivity contribution < 1.29 is 8.90 Å². The third kappa shape index (κ3) is 5.04. The molecule has 2 aromatic carbocycles. The molecule has 0 aliphatic carbocycles. The molecule has 140 valence electrons. The van der Waals surface area contributed by atoms with Gasteiger partial charge < -0.3 is 9.42 Å². The minimum absolute atomic E-state index is 0.0238. The summed E-state index contributed by atoms with van der Waals surface area (Å²) in [5.41, 5.74) is 2.19. The third-order valence-corrected chi connectivity index (χ3v) is 9.58. The maximum absolute atomic E-state index is 15.7. The molecule has 2 nitrogen and oxygen atoms in total. The van der Waals surface area contributed by atoms with Crippen LogP contribution in [0.15, 0.2) is 54.6 Å². The lowest BCUT2D eigenvalue weighted by atomic mass is 10.1. The average molecular weight is 371 g/mol. The van der Waals surface area contributed by atoms with Crippen LogP contribution in [0.5, 0.6) is 0 Å². The Morgan fingerprint density at radius 1 is 0.962 bits per heavy atom. The van der Waals surface area contributed by atoms with E-state index in [0.717, 1.165) is 16.3 Å². The van der Waals surface area contributed by atoms with Crippen LogP contribution >= 0.6 is 0 Å². The second-order valence-electron chi connectivity index (χ2n) is 7.54. The van der Waals surface area contributed by atoms with E-state index in [0.29, 0.717) is 19.4 Å². The van der Waals surface area contributed by atoms with Gasteiger partial charge in [0.2, 0.25) is 5.91 Å². The lowest BCUT2D eigenvalue weighted by molar-refractivity contribution is -0.121. The largest absolute Gasteiger partial charge is 0.352 e. The highest BCUT2D eigenvalue weighted by molar-refractivity contribution is 6.88. The SMILES string of the molecule is CC(C)[Si]([18F])(c1cccc(CCC(=O)NCc2ccccc2)c1)C(C)C. The molecule has 1 N–H and O–H groups in total. The molecule has 0 aliphatic rings. The summed E-state index contributed by atoms with van der Waals surface area (Å²) < 4.78 is 15.7. The van der Waals surface area contributed by atoms with Crippen LogP contribution in [0.1, 0.15) is 45.2 Å². The molecule has 0 saturated carbocycles. The monoisotopic (exact) mass is 370 g/mol. The molecule has 0 radical (unpaired) electrons. The third-order valence-electron chi connectivity index (χ3n) is 5.02. The summed E-state index contributed by atoms with van der Waals surface area (Å²) in [6, 6.07) is 17.7. The fourth-order valence-corrected chi connectivity index (χ4v) is 6.87. The van der Waals surface area contributed by atoms with Gasteiger partial charge >= 0.3 is 0 Å². The summed E-state index contributed by atoms with van der Waals surface area (Å²) in [6.07, 6.45) is 1.05. The van der Waals surface area contributed by atoms with Crippen molar-refractivity contribution in [1.82, 2.24) is 5.32 Å². The second-order valence-corrected chi connectivity index (χ2v) is 12.0. The average Bonchev–Trinajstić information content (AvgIpc) is 2.64. The number of hydrogen-bond donors (Lipinski definition) is 1. The summed E-state index contributed by atoms with van der Waals surface area (Å²) in [4.78, 5) is 12.1. The van der Waals surface area contributed by atoms with Crippen LogP contribution in [0, 0.1) is 0 Å². The van der Waals surface area contributed by atoms with Gasteiger partial charge in [-0.25, -0.2) is 0 Å². The summed E-state index contributed by atoms with van der Waals surface area (Å²) in [5, 5.41) is 3.80. The van der Waals surface area contributed by atoms with Crippen molar-refractivity contribution in [2.75, 3.05) is 0 Å². The van der Waals surface area contributed by atoms with E-state index in [9.17, 15) is 4.79 Å². The first-order valence-corrected chi connectivity index (χ1v) is 11.5. The summed E-state index contributed by atoms with van der Waals surface area (Å²) >= 11 is 0. The zero-order valence-electron chi connectivity index (χ0n) is 16.3. The first-order valence-electron chi connectivity index (χ1n) is 9.43. The predicted molar refractivity (Wildman–Crippen MR) is 110 cm³/mol. The summed E-state index contributed by atoms with van der Waals surface area (Å²) in [7, 11) is -3.03. The standard InChI is InChI=1S/C22H30FNOSi/c1-17(2)26(23,18(3)4)21-12-8-11-19(15-21)13-14-22(25)24-16-20-9-6-5-7-10-20/h5-12,15,17-18H,13-14,16H2,1-4H3,(H,24,25)/i23-1. The van der Waals surface area contributed by atoms with Crippen molar-refractivity contribution in [3.63, 3.8) is 0 Å². The number of amides is 1. The molecule has 0 unspecified atom stereocenters. The minimum atomic E-state index is -3.03. The number of carbonyl (C=O) groups is 1. The fraction of sp³-hybridized carbons (Fsp3) is 0.409. The molecule has 0 saturated heterocycles. The van der Waals surface area contributed by atoms with Crippen molar-refractivity contribution >= 4 is 19.5 Å². The van der Waals surface area contributed by atoms with Gasteiger partial charge in [0.05, 0.1) is 0 Å². The molecule has 0 bridgehead atoms.